The Bertz CT molecular complexity index is 622. The number of carbonyl (C=O) groups is 1. The molecule has 2 rings (SSSR count). The van der Waals surface area contributed by atoms with Gasteiger partial charge in [0.25, 0.3) is 5.91 Å². The molecule has 0 spiro atoms. The summed E-state index contributed by atoms with van der Waals surface area (Å²) >= 11 is 4.95. The van der Waals surface area contributed by atoms with Gasteiger partial charge in [-0.3, -0.25) is 4.79 Å². The van der Waals surface area contributed by atoms with E-state index in [1.54, 1.807) is 6.07 Å². The first-order chi connectivity index (χ1) is 9.01. The van der Waals surface area contributed by atoms with Gasteiger partial charge in [0.2, 0.25) is 0 Å². The van der Waals surface area contributed by atoms with Gasteiger partial charge in [-0.2, -0.15) is 0 Å². The minimum Gasteiger partial charge on any atom is -0.398 e. The Hall–Kier alpha value is -1.33. The number of anilines is 2. The first kappa shape index (κ1) is 14.1. The summed E-state index contributed by atoms with van der Waals surface area (Å²) in [5.74, 6) is -0.103. The van der Waals surface area contributed by atoms with E-state index in [-0.39, 0.29) is 5.91 Å². The van der Waals surface area contributed by atoms with E-state index in [1.807, 2.05) is 25.1 Å². The van der Waals surface area contributed by atoms with Crippen LogP contribution in [0.1, 0.15) is 27.0 Å². The summed E-state index contributed by atoms with van der Waals surface area (Å²) in [5, 5.41) is 2.88. The lowest BCUT2D eigenvalue weighted by Gasteiger charge is -2.09. The van der Waals surface area contributed by atoms with Crippen LogP contribution in [0.15, 0.2) is 28.7 Å². The van der Waals surface area contributed by atoms with E-state index in [9.17, 15) is 4.79 Å². The molecule has 0 fully saturated rings. The summed E-state index contributed by atoms with van der Waals surface area (Å²) in [4.78, 5) is 14.0. The molecule has 3 N–H and O–H groups in total. The molecule has 0 atom stereocenters. The number of halogens is 1. The summed E-state index contributed by atoms with van der Waals surface area (Å²) in [5.41, 5.74) is 8.20. The van der Waals surface area contributed by atoms with Crippen LogP contribution >= 0.6 is 27.3 Å². The molecule has 1 heterocycles. The lowest BCUT2D eigenvalue weighted by molar-refractivity contribution is 0.103. The minimum atomic E-state index is -0.103. The van der Waals surface area contributed by atoms with Gasteiger partial charge in [0, 0.05) is 15.0 Å². The van der Waals surface area contributed by atoms with Crippen LogP contribution in [0.25, 0.3) is 0 Å². The molecule has 2 aromatic rings. The van der Waals surface area contributed by atoms with E-state index >= 15 is 0 Å². The van der Waals surface area contributed by atoms with Gasteiger partial charge < -0.3 is 11.1 Å². The summed E-state index contributed by atoms with van der Waals surface area (Å²) in [7, 11) is 0. The van der Waals surface area contributed by atoms with Crippen molar-refractivity contribution in [1.29, 1.82) is 0 Å². The summed E-state index contributed by atoms with van der Waals surface area (Å²) < 4.78 is 0.833. The molecule has 0 saturated heterocycles. The van der Waals surface area contributed by atoms with Gasteiger partial charge in [0.1, 0.15) is 0 Å². The van der Waals surface area contributed by atoms with Gasteiger partial charge >= 0.3 is 0 Å². The molecule has 0 aliphatic carbocycles. The lowest BCUT2D eigenvalue weighted by atomic mass is 10.2. The van der Waals surface area contributed by atoms with Crippen molar-refractivity contribution in [3.05, 3.63) is 44.1 Å². The highest BCUT2D eigenvalue weighted by Gasteiger charge is 2.11. The van der Waals surface area contributed by atoms with Crippen LogP contribution in [0.2, 0.25) is 0 Å². The number of amides is 1. The van der Waals surface area contributed by atoms with Gasteiger partial charge in [-0.25, -0.2) is 0 Å². The molecule has 5 heteroatoms. The van der Waals surface area contributed by atoms with Crippen molar-refractivity contribution in [3.8, 4) is 0 Å². The number of hydrogen-bond acceptors (Lipinski definition) is 3. The Kier molecular flexibility index (Phi) is 4.27. The molecule has 100 valence electrons. The number of carbonyl (C=O) groups excluding carboxylic acids is 1. The van der Waals surface area contributed by atoms with Crippen LogP contribution in [-0.2, 0) is 6.42 Å². The second-order valence-corrected chi connectivity index (χ2v) is 6.28. The minimum absolute atomic E-state index is 0.103. The largest absolute Gasteiger partial charge is 0.398 e. The van der Waals surface area contributed by atoms with Crippen molar-refractivity contribution in [3.63, 3.8) is 0 Å². The second kappa shape index (κ2) is 5.75. The number of thiophene rings is 1. The number of rotatable bonds is 3. The number of benzene rings is 1. The van der Waals surface area contributed by atoms with Gasteiger partial charge in [0.05, 0.1) is 10.6 Å². The van der Waals surface area contributed by atoms with Crippen molar-refractivity contribution in [2.24, 2.45) is 0 Å². The molecule has 1 amide bonds. The van der Waals surface area contributed by atoms with Crippen molar-refractivity contribution < 1.29 is 4.79 Å². The molecule has 0 aliphatic rings. The Morgan fingerprint density at radius 2 is 2.16 bits per heavy atom. The van der Waals surface area contributed by atoms with E-state index in [4.69, 9.17) is 5.73 Å². The number of hydrogen-bond donors (Lipinski definition) is 2. The fraction of sp³-hybridized carbons (Fsp3) is 0.214. The summed E-state index contributed by atoms with van der Waals surface area (Å²) in [6.45, 7) is 4.00. The fourth-order valence-corrected chi connectivity index (χ4v) is 3.06. The Morgan fingerprint density at radius 1 is 1.42 bits per heavy atom. The van der Waals surface area contributed by atoms with Gasteiger partial charge in [-0.1, -0.05) is 6.92 Å². The van der Waals surface area contributed by atoms with Gasteiger partial charge in [-0.05, 0) is 59.1 Å². The highest BCUT2D eigenvalue weighted by molar-refractivity contribution is 9.10. The molecular weight excluding hydrogens is 324 g/mol. The molecule has 1 aromatic carbocycles. The van der Waals surface area contributed by atoms with E-state index in [1.165, 1.54) is 16.2 Å². The van der Waals surface area contributed by atoms with Crippen molar-refractivity contribution in [2.45, 2.75) is 20.3 Å². The van der Waals surface area contributed by atoms with Crippen LogP contribution < -0.4 is 11.1 Å². The SMILES string of the molecule is CCc1ccc(C(=O)Nc2cc(N)c(C)cc2Br)s1. The number of nitrogens with one attached hydrogen (secondary N) is 1. The average molecular weight is 339 g/mol. The monoisotopic (exact) mass is 338 g/mol. The molecule has 0 unspecified atom stereocenters. The fourth-order valence-electron chi connectivity index (χ4n) is 1.66. The number of aryl methyl sites for hydroxylation is 2. The molecule has 1 aromatic heterocycles. The normalized spacial score (nSPS) is 10.5. The van der Waals surface area contributed by atoms with Crippen LogP contribution in [0.5, 0.6) is 0 Å². The van der Waals surface area contributed by atoms with Crippen molar-refractivity contribution >= 4 is 44.5 Å². The van der Waals surface area contributed by atoms with Crippen LogP contribution in [0, 0.1) is 6.92 Å². The maximum atomic E-state index is 12.1. The molecule has 0 bridgehead atoms. The van der Waals surface area contributed by atoms with E-state index in [0.717, 1.165) is 16.5 Å². The van der Waals surface area contributed by atoms with E-state index in [0.29, 0.717) is 16.3 Å². The van der Waals surface area contributed by atoms with Gasteiger partial charge in [0.15, 0.2) is 0 Å². The van der Waals surface area contributed by atoms with Crippen LogP contribution in [0.3, 0.4) is 0 Å². The van der Waals surface area contributed by atoms with E-state index in [2.05, 4.69) is 28.2 Å². The molecule has 0 radical (unpaired) electrons. The standard InChI is InChI=1S/C14H15BrN2OS/c1-3-9-4-5-13(19-9)14(18)17-12-7-11(16)8(2)6-10(12)15/h4-7H,3,16H2,1-2H3,(H,17,18). The number of nitrogens with two attached hydrogens (primary N) is 1. The maximum absolute atomic E-state index is 12.1. The number of nitrogen functional groups attached to an aromatic ring is 1. The third kappa shape index (κ3) is 3.16. The predicted molar refractivity (Wildman–Crippen MR) is 84.9 cm³/mol. The second-order valence-electron chi connectivity index (χ2n) is 4.26. The maximum Gasteiger partial charge on any atom is 0.265 e. The topological polar surface area (TPSA) is 55.1 Å². The zero-order chi connectivity index (χ0) is 14.0. The van der Waals surface area contributed by atoms with Crippen LogP contribution in [0.4, 0.5) is 11.4 Å². The molecular formula is C14H15BrN2OS. The Balaban J connectivity index is 2.21. The van der Waals surface area contributed by atoms with E-state index < -0.39 is 0 Å². The van der Waals surface area contributed by atoms with Crippen LogP contribution in [-0.4, -0.2) is 5.91 Å². The summed E-state index contributed by atoms with van der Waals surface area (Å²) in [6, 6.07) is 7.50. The highest BCUT2D eigenvalue weighted by Crippen LogP contribution is 2.28. The molecule has 19 heavy (non-hydrogen) atoms. The first-order valence-corrected chi connectivity index (χ1v) is 7.58. The zero-order valence-electron chi connectivity index (χ0n) is 10.8. The van der Waals surface area contributed by atoms with Crippen molar-refractivity contribution in [2.75, 3.05) is 11.1 Å². The smallest absolute Gasteiger partial charge is 0.265 e. The molecule has 0 aliphatic heterocycles. The summed E-state index contributed by atoms with van der Waals surface area (Å²) in [6.07, 6.45) is 0.944. The average Bonchev–Trinajstić information content (AvgIpc) is 2.84. The first-order valence-electron chi connectivity index (χ1n) is 5.97. The van der Waals surface area contributed by atoms with Gasteiger partial charge in [-0.15, -0.1) is 11.3 Å². The molecule has 3 nitrogen and oxygen atoms in total. The van der Waals surface area contributed by atoms with Crippen molar-refractivity contribution in [1.82, 2.24) is 0 Å². The quantitative estimate of drug-likeness (QED) is 0.823. The lowest BCUT2D eigenvalue weighted by Crippen LogP contribution is -2.11. The Labute approximate surface area is 125 Å². The zero-order valence-corrected chi connectivity index (χ0v) is 13.2. The predicted octanol–water partition coefficient (Wildman–Crippen LogP) is 4.22. The highest BCUT2D eigenvalue weighted by atomic mass is 79.9. The Morgan fingerprint density at radius 3 is 2.79 bits per heavy atom. The third-order valence-electron chi connectivity index (χ3n) is 2.84. The molecule has 0 saturated carbocycles. The third-order valence-corrected chi connectivity index (χ3v) is 4.72.